The molecule has 0 aliphatic heterocycles. The molecule has 0 amide bonds. The van der Waals surface area contributed by atoms with Crippen LogP contribution in [0.3, 0.4) is 0 Å². The molecule has 7 nitrogen and oxygen atoms in total. The fourth-order valence-electron chi connectivity index (χ4n) is 0.668. The van der Waals surface area contributed by atoms with Crippen molar-refractivity contribution in [3.8, 4) is 0 Å². The Morgan fingerprint density at radius 3 is 1.79 bits per heavy atom. The van der Waals surface area contributed by atoms with Crippen LogP contribution in [0.5, 0.6) is 0 Å². The molecule has 0 fully saturated rings. The zero-order valence-electron chi connectivity index (χ0n) is 7.32. The molecule has 8 heteroatoms. The van der Waals surface area contributed by atoms with Gasteiger partial charge in [0, 0.05) is 0 Å². The first-order valence-electron chi connectivity index (χ1n) is 3.47. The van der Waals surface area contributed by atoms with Crippen molar-refractivity contribution in [1.29, 1.82) is 0 Å². The van der Waals surface area contributed by atoms with Crippen molar-refractivity contribution < 1.29 is 35.4 Å². The summed E-state index contributed by atoms with van der Waals surface area (Å²) in [7, 11) is 0. The third kappa shape index (κ3) is 4.85. The molecule has 0 heterocycles. The zero-order valence-corrected chi connectivity index (χ0v) is 9.52. The van der Waals surface area contributed by atoms with E-state index in [1.165, 1.54) is 0 Å². The molecule has 6 N–H and O–H groups in total. The number of aliphatic hydroxyl groups excluding tert-OH is 5. The van der Waals surface area contributed by atoms with E-state index in [2.05, 4.69) is 0 Å². The van der Waals surface area contributed by atoms with Crippen LogP contribution >= 0.6 is 0 Å². The van der Waals surface area contributed by atoms with Crippen molar-refractivity contribution in [2.45, 2.75) is 24.4 Å². The fraction of sp³-hybridized carbons (Fsp3) is 0.833. The Balaban J connectivity index is 0. The molecule has 0 unspecified atom stereocenters. The molecule has 0 aliphatic rings. The smallest absolute Gasteiger partial charge is 0.479 e. The second-order valence-electron chi connectivity index (χ2n) is 2.51. The number of carboxylic acids is 1. The maximum absolute atomic E-state index is 10.1. The van der Waals surface area contributed by atoms with E-state index in [4.69, 9.17) is 30.6 Å². The van der Waals surface area contributed by atoms with Crippen LogP contribution in [0.1, 0.15) is 0 Å². The molecule has 0 bridgehead atoms. The van der Waals surface area contributed by atoms with Gasteiger partial charge in [0.1, 0.15) is 18.3 Å². The molecule has 14 heavy (non-hydrogen) atoms. The van der Waals surface area contributed by atoms with Crippen molar-refractivity contribution in [2.75, 3.05) is 6.61 Å². The van der Waals surface area contributed by atoms with Gasteiger partial charge in [0.15, 0.2) is 6.10 Å². The number of hydrogen-bond acceptors (Lipinski definition) is 6. The summed E-state index contributed by atoms with van der Waals surface area (Å²) in [6, 6.07) is 0. The molecule has 0 aromatic heterocycles. The molecule has 4 atom stereocenters. The summed E-state index contributed by atoms with van der Waals surface area (Å²) in [6.45, 7) is -0.843. The molecule has 78 valence electrons. The maximum Gasteiger partial charge on any atom is 2.00 e. The van der Waals surface area contributed by atoms with E-state index in [9.17, 15) is 4.79 Å². The molecule has 0 spiro atoms. The number of aliphatic carboxylic acids is 1. The van der Waals surface area contributed by atoms with Gasteiger partial charge in [-0.15, -0.1) is 0 Å². The Morgan fingerprint density at radius 2 is 1.50 bits per heavy atom. The Hall–Kier alpha value is 0.530. The van der Waals surface area contributed by atoms with Crippen molar-refractivity contribution in [3.63, 3.8) is 0 Å². The van der Waals surface area contributed by atoms with Gasteiger partial charge in [0.25, 0.3) is 0 Å². The van der Waals surface area contributed by atoms with Gasteiger partial charge in [-0.1, -0.05) is 0 Å². The minimum atomic E-state index is -2.20. The van der Waals surface area contributed by atoms with Crippen molar-refractivity contribution in [2.24, 2.45) is 0 Å². The van der Waals surface area contributed by atoms with Crippen LogP contribution in [0.25, 0.3) is 0 Å². The van der Waals surface area contributed by atoms with E-state index in [-0.39, 0.29) is 37.7 Å². The van der Waals surface area contributed by atoms with Crippen LogP contribution in [0.15, 0.2) is 0 Å². The van der Waals surface area contributed by atoms with Crippen LogP contribution < -0.4 is 0 Å². The minimum Gasteiger partial charge on any atom is -0.479 e. The van der Waals surface area contributed by atoms with Crippen LogP contribution in [0.2, 0.25) is 0 Å². The second-order valence-corrected chi connectivity index (χ2v) is 2.51. The van der Waals surface area contributed by atoms with E-state index in [0.717, 1.165) is 0 Å². The molecule has 0 saturated heterocycles. The number of carbonyl (C=O) groups is 1. The summed E-state index contributed by atoms with van der Waals surface area (Å²) in [5.41, 5.74) is 0. The normalized spacial score (nSPS) is 18.9. The summed E-state index contributed by atoms with van der Waals surface area (Å²) >= 11 is 0. The summed E-state index contributed by atoms with van der Waals surface area (Å²) < 4.78 is 0. The van der Waals surface area contributed by atoms with Gasteiger partial charge >= 0.3 is 43.7 Å². The van der Waals surface area contributed by atoms with Crippen LogP contribution in [0.4, 0.5) is 0 Å². The van der Waals surface area contributed by atoms with Gasteiger partial charge < -0.3 is 30.6 Å². The zero-order chi connectivity index (χ0) is 10.6. The molecule has 0 aliphatic carbocycles. The first kappa shape index (κ1) is 16.9. The average Bonchev–Trinajstić information content (AvgIpc) is 2.12. The standard InChI is InChI=1S/C6H12O7.Ca/c7-1-2(8)3(9)4(10)5(11)6(12)13;/h2-5,7-11H,1H2,(H,12,13);/q;+2/t2-,3-,4+,5-;/m0./s1. The average molecular weight is 236 g/mol. The predicted molar refractivity (Wildman–Crippen MR) is 44.5 cm³/mol. The topological polar surface area (TPSA) is 138 Å². The molecule has 0 rings (SSSR count). The quantitative estimate of drug-likeness (QED) is 0.268. The van der Waals surface area contributed by atoms with Crippen LogP contribution in [-0.2, 0) is 4.79 Å². The van der Waals surface area contributed by atoms with Gasteiger partial charge in [-0.05, 0) is 0 Å². The van der Waals surface area contributed by atoms with E-state index in [1.54, 1.807) is 0 Å². The first-order valence-corrected chi connectivity index (χ1v) is 3.47. The summed E-state index contributed by atoms with van der Waals surface area (Å²) in [6.07, 6.45) is -7.84. The van der Waals surface area contributed by atoms with E-state index < -0.39 is 37.0 Å². The van der Waals surface area contributed by atoms with E-state index >= 15 is 0 Å². The van der Waals surface area contributed by atoms with Crippen LogP contribution in [0, 0.1) is 0 Å². The molecular weight excluding hydrogens is 224 g/mol. The third-order valence-electron chi connectivity index (χ3n) is 1.51. The minimum absolute atomic E-state index is 0. The monoisotopic (exact) mass is 236 g/mol. The maximum atomic E-state index is 10.1. The summed E-state index contributed by atoms with van der Waals surface area (Å²) in [5, 5.41) is 51.8. The van der Waals surface area contributed by atoms with E-state index in [1.807, 2.05) is 0 Å². The van der Waals surface area contributed by atoms with Gasteiger partial charge in [-0.2, -0.15) is 0 Å². The Kier molecular flexibility index (Phi) is 9.41. The molecule has 0 aromatic carbocycles. The largest absolute Gasteiger partial charge is 2.00 e. The number of aliphatic hydroxyl groups is 5. The first-order chi connectivity index (χ1) is 5.91. The van der Waals surface area contributed by atoms with Crippen LogP contribution in [-0.4, -0.2) is 105 Å². The number of rotatable bonds is 5. The van der Waals surface area contributed by atoms with Crippen molar-refractivity contribution in [3.05, 3.63) is 0 Å². The Labute approximate surface area is 110 Å². The molecule has 0 radical (unpaired) electrons. The van der Waals surface area contributed by atoms with Gasteiger partial charge in [-0.25, -0.2) is 4.79 Å². The number of hydrogen-bond donors (Lipinski definition) is 6. The third-order valence-corrected chi connectivity index (χ3v) is 1.51. The summed E-state index contributed by atoms with van der Waals surface area (Å²) in [5.74, 6) is -1.73. The van der Waals surface area contributed by atoms with Gasteiger partial charge in [0.05, 0.1) is 6.61 Å². The molecular formula is C6H12CaO7+2. The summed E-state index contributed by atoms with van der Waals surface area (Å²) in [4.78, 5) is 10.1. The Bertz CT molecular complexity index is 176. The SMILES string of the molecule is O=C(O)[C@@H](O)[C@H](O)[C@@H](O)[C@@H](O)CO.[Ca+2]. The van der Waals surface area contributed by atoms with Gasteiger partial charge in [-0.3, -0.25) is 0 Å². The number of carboxylic acid groups (broad SMARTS) is 1. The second kappa shape index (κ2) is 7.77. The van der Waals surface area contributed by atoms with E-state index in [0.29, 0.717) is 0 Å². The fourth-order valence-corrected chi connectivity index (χ4v) is 0.668. The predicted octanol–water partition coefficient (Wildman–Crippen LogP) is -3.87. The van der Waals surface area contributed by atoms with Crippen molar-refractivity contribution >= 4 is 43.7 Å². The molecule has 0 saturated carbocycles. The Morgan fingerprint density at radius 1 is 1.07 bits per heavy atom. The van der Waals surface area contributed by atoms with Gasteiger partial charge in [0.2, 0.25) is 0 Å². The molecule has 0 aromatic rings. The van der Waals surface area contributed by atoms with Crippen molar-refractivity contribution in [1.82, 2.24) is 0 Å².